The number of hydrogen-bond donors (Lipinski definition) is 1. The van der Waals surface area contributed by atoms with Crippen LogP contribution in [-0.4, -0.2) is 23.1 Å². The Bertz CT molecular complexity index is 395. The number of carboxylic acid groups (broad SMARTS) is 1. The second kappa shape index (κ2) is 5.05. The maximum atomic E-state index is 11.2. The SMILES string of the molecule is O=Cc1cccc(CC(=O)CC(=O)O)c1. The number of aliphatic carboxylic acids is 1. The van der Waals surface area contributed by atoms with Crippen LogP contribution < -0.4 is 0 Å². The van der Waals surface area contributed by atoms with Crippen LogP contribution in [0.25, 0.3) is 0 Å². The van der Waals surface area contributed by atoms with Gasteiger partial charge in [0, 0.05) is 12.0 Å². The van der Waals surface area contributed by atoms with Crippen molar-refractivity contribution in [2.24, 2.45) is 0 Å². The molecule has 0 aliphatic heterocycles. The van der Waals surface area contributed by atoms with E-state index >= 15 is 0 Å². The van der Waals surface area contributed by atoms with Crippen molar-refractivity contribution in [3.8, 4) is 0 Å². The predicted octanol–water partition coefficient (Wildman–Crippen LogP) is 1.09. The Morgan fingerprint density at radius 2 is 2.07 bits per heavy atom. The monoisotopic (exact) mass is 206 g/mol. The summed E-state index contributed by atoms with van der Waals surface area (Å²) in [5.41, 5.74) is 1.14. The Morgan fingerprint density at radius 1 is 1.33 bits per heavy atom. The predicted molar refractivity (Wildman–Crippen MR) is 52.8 cm³/mol. The topological polar surface area (TPSA) is 71.4 Å². The summed E-state index contributed by atoms with van der Waals surface area (Å²) in [6, 6.07) is 6.55. The van der Waals surface area contributed by atoms with Gasteiger partial charge >= 0.3 is 5.97 Å². The van der Waals surface area contributed by atoms with Crippen molar-refractivity contribution in [1.29, 1.82) is 0 Å². The van der Waals surface area contributed by atoms with E-state index in [1.165, 1.54) is 0 Å². The molecule has 1 rings (SSSR count). The van der Waals surface area contributed by atoms with Gasteiger partial charge in [-0.05, 0) is 11.6 Å². The minimum atomic E-state index is -1.13. The van der Waals surface area contributed by atoms with Crippen molar-refractivity contribution in [2.75, 3.05) is 0 Å². The smallest absolute Gasteiger partial charge is 0.310 e. The molecule has 1 aromatic rings. The molecule has 1 N–H and O–H groups in total. The van der Waals surface area contributed by atoms with E-state index < -0.39 is 12.4 Å². The summed E-state index contributed by atoms with van der Waals surface area (Å²) in [7, 11) is 0. The van der Waals surface area contributed by atoms with Crippen molar-refractivity contribution < 1.29 is 19.5 Å². The van der Waals surface area contributed by atoms with Gasteiger partial charge < -0.3 is 5.11 Å². The first-order chi connectivity index (χ1) is 7.11. The summed E-state index contributed by atoms with van der Waals surface area (Å²) >= 11 is 0. The first-order valence-corrected chi connectivity index (χ1v) is 4.39. The Hall–Kier alpha value is -1.97. The van der Waals surface area contributed by atoms with Crippen LogP contribution in [0.4, 0.5) is 0 Å². The van der Waals surface area contributed by atoms with E-state index in [0.717, 1.165) is 0 Å². The maximum absolute atomic E-state index is 11.2. The van der Waals surface area contributed by atoms with Crippen LogP contribution in [0.2, 0.25) is 0 Å². The van der Waals surface area contributed by atoms with Gasteiger partial charge in [0.25, 0.3) is 0 Å². The molecule has 0 unspecified atom stereocenters. The highest BCUT2D eigenvalue weighted by Gasteiger charge is 2.08. The molecule has 0 heterocycles. The highest BCUT2D eigenvalue weighted by molar-refractivity contribution is 5.95. The number of carbonyl (C=O) groups excluding carboxylic acids is 2. The number of aldehydes is 1. The van der Waals surface area contributed by atoms with Gasteiger partial charge in [-0.25, -0.2) is 0 Å². The molecule has 0 fully saturated rings. The second-order valence-electron chi connectivity index (χ2n) is 3.15. The highest BCUT2D eigenvalue weighted by atomic mass is 16.4. The third-order valence-corrected chi connectivity index (χ3v) is 1.84. The van der Waals surface area contributed by atoms with Crippen molar-refractivity contribution in [3.05, 3.63) is 35.4 Å². The Labute approximate surface area is 86.5 Å². The summed E-state index contributed by atoms with van der Waals surface area (Å²) < 4.78 is 0. The van der Waals surface area contributed by atoms with Crippen LogP contribution >= 0.6 is 0 Å². The Morgan fingerprint density at radius 3 is 2.67 bits per heavy atom. The van der Waals surface area contributed by atoms with Gasteiger partial charge in [0.1, 0.15) is 18.5 Å². The summed E-state index contributed by atoms with van der Waals surface area (Å²) in [6.45, 7) is 0. The zero-order valence-electron chi connectivity index (χ0n) is 7.97. The van der Waals surface area contributed by atoms with Crippen molar-refractivity contribution in [1.82, 2.24) is 0 Å². The Kier molecular flexibility index (Phi) is 3.74. The molecule has 0 aliphatic rings. The molecular formula is C11H10O4. The Balaban J connectivity index is 2.67. The van der Waals surface area contributed by atoms with Crippen molar-refractivity contribution >= 4 is 18.0 Å². The molecule has 0 saturated carbocycles. The second-order valence-corrected chi connectivity index (χ2v) is 3.15. The normalized spacial score (nSPS) is 9.60. The highest BCUT2D eigenvalue weighted by Crippen LogP contribution is 2.05. The minimum absolute atomic E-state index is 0.0496. The molecule has 4 heteroatoms. The number of Topliss-reactive ketones (excluding diaryl/α,β-unsaturated/α-hetero) is 1. The molecule has 0 bridgehead atoms. The zero-order valence-corrected chi connectivity index (χ0v) is 7.97. The third-order valence-electron chi connectivity index (χ3n) is 1.84. The molecule has 0 aliphatic carbocycles. The van der Waals surface area contributed by atoms with Crippen LogP contribution in [0.15, 0.2) is 24.3 Å². The van der Waals surface area contributed by atoms with Crippen molar-refractivity contribution in [2.45, 2.75) is 12.8 Å². The fourth-order valence-electron chi connectivity index (χ4n) is 1.24. The summed E-state index contributed by atoms with van der Waals surface area (Å²) in [5.74, 6) is -1.50. The van der Waals surface area contributed by atoms with Gasteiger partial charge in [0.2, 0.25) is 0 Å². The van der Waals surface area contributed by atoms with E-state index in [-0.39, 0.29) is 12.2 Å². The first-order valence-electron chi connectivity index (χ1n) is 4.39. The van der Waals surface area contributed by atoms with E-state index in [1.807, 2.05) is 0 Å². The van der Waals surface area contributed by atoms with E-state index in [9.17, 15) is 14.4 Å². The molecule has 78 valence electrons. The van der Waals surface area contributed by atoms with E-state index in [1.54, 1.807) is 24.3 Å². The summed E-state index contributed by atoms with van der Waals surface area (Å²) in [6.07, 6.45) is 0.254. The van der Waals surface area contributed by atoms with E-state index in [0.29, 0.717) is 17.4 Å². The van der Waals surface area contributed by atoms with E-state index in [2.05, 4.69) is 0 Å². The number of hydrogen-bond acceptors (Lipinski definition) is 3. The molecule has 15 heavy (non-hydrogen) atoms. The first kappa shape index (κ1) is 11.1. The lowest BCUT2D eigenvalue weighted by Gasteiger charge is -1.99. The fraction of sp³-hybridized carbons (Fsp3) is 0.182. The number of ketones is 1. The van der Waals surface area contributed by atoms with Crippen LogP contribution in [0.5, 0.6) is 0 Å². The number of benzene rings is 1. The third kappa shape index (κ3) is 3.72. The standard InChI is InChI=1S/C11H10O4/c12-7-9-3-1-2-8(4-9)5-10(13)6-11(14)15/h1-4,7H,5-6H2,(H,14,15). The van der Waals surface area contributed by atoms with Crippen molar-refractivity contribution in [3.63, 3.8) is 0 Å². The molecule has 4 nitrogen and oxygen atoms in total. The molecule has 0 atom stereocenters. The lowest BCUT2D eigenvalue weighted by atomic mass is 10.0. The van der Waals surface area contributed by atoms with Crippen LogP contribution in [0, 0.1) is 0 Å². The van der Waals surface area contributed by atoms with Crippen LogP contribution in [0.1, 0.15) is 22.3 Å². The van der Waals surface area contributed by atoms with Gasteiger partial charge in [0.15, 0.2) is 0 Å². The number of rotatable bonds is 5. The zero-order chi connectivity index (χ0) is 11.3. The summed E-state index contributed by atoms with van der Waals surface area (Å²) in [4.78, 5) is 31.8. The lowest BCUT2D eigenvalue weighted by Crippen LogP contribution is -2.09. The molecule has 0 amide bonds. The average Bonchev–Trinajstić information content (AvgIpc) is 2.16. The quantitative estimate of drug-likeness (QED) is 0.578. The molecule has 0 radical (unpaired) electrons. The van der Waals surface area contributed by atoms with Gasteiger partial charge in [-0.1, -0.05) is 18.2 Å². The molecular weight excluding hydrogens is 196 g/mol. The van der Waals surface area contributed by atoms with Crippen LogP contribution in [0.3, 0.4) is 0 Å². The number of carboxylic acids is 1. The largest absolute Gasteiger partial charge is 0.481 e. The van der Waals surface area contributed by atoms with Crippen LogP contribution in [-0.2, 0) is 16.0 Å². The van der Waals surface area contributed by atoms with Gasteiger partial charge in [-0.2, -0.15) is 0 Å². The summed E-state index contributed by atoms with van der Waals surface area (Å²) in [5, 5.41) is 8.39. The van der Waals surface area contributed by atoms with Gasteiger partial charge in [-0.3, -0.25) is 14.4 Å². The molecule has 0 saturated heterocycles. The number of carbonyl (C=O) groups is 3. The van der Waals surface area contributed by atoms with E-state index in [4.69, 9.17) is 5.11 Å². The average molecular weight is 206 g/mol. The van der Waals surface area contributed by atoms with Gasteiger partial charge in [0.05, 0.1) is 0 Å². The molecule has 1 aromatic carbocycles. The minimum Gasteiger partial charge on any atom is -0.481 e. The fourth-order valence-corrected chi connectivity index (χ4v) is 1.24. The van der Waals surface area contributed by atoms with Gasteiger partial charge in [-0.15, -0.1) is 0 Å². The lowest BCUT2D eigenvalue weighted by molar-refractivity contribution is -0.140. The molecule has 0 spiro atoms. The molecule has 0 aromatic heterocycles. The maximum Gasteiger partial charge on any atom is 0.310 e.